The predicted octanol–water partition coefficient (Wildman–Crippen LogP) is 1.20. The first-order valence-electron chi connectivity index (χ1n) is 8.68. The SMILES string of the molecule is Fc1c(F)c(NCc2ccccc2)c(F)c(F)c1/C=C/CN1CCOCC1.[Cl-]. The molecular formula is C20H20ClF4N2O-. The Hall–Kier alpha value is -2.09. The van der Waals surface area contributed by atoms with Gasteiger partial charge in [-0.05, 0) is 5.56 Å². The first kappa shape index (κ1) is 22.2. The van der Waals surface area contributed by atoms with Crippen molar-refractivity contribution in [1.29, 1.82) is 0 Å². The van der Waals surface area contributed by atoms with Crippen molar-refractivity contribution in [3.05, 3.63) is 70.8 Å². The summed E-state index contributed by atoms with van der Waals surface area (Å²) in [5.74, 6) is -5.70. The molecule has 1 heterocycles. The molecule has 3 rings (SSSR count). The van der Waals surface area contributed by atoms with E-state index in [0.717, 1.165) is 11.6 Å². The van der Waals surface area contributed by atoms with Crippen LogP contribution in [0.4, 0.5) is 23.2 Å². The van der Waals surface area contributed by atoms with Gasteiger partial charge in [0.05, 0.1) is 18.8 Å². The normalized spacial score (nSPS) is 14.9. The van der Waals surface area contributed by atoms with Gasteiger partial charge in [-0.2, -0.15) is 0 Å². The molecule has 2 aromatic rings. The fourth-order valence-corrected chi connectivity index (χ4v) is 2.84. The number of benzene rings is 2. The van der Waals surface area contributed by atoms with E-state index in [2.05, 4.69) is 5.32 Å². The molecule has 152 valence electrons. The minimum Gasteiger partial charge on any atom is -1.00 e. The summed E-state index contributed by atoms with van der Waals surface area (Å²) in [6, 6.07) is 8.78. The molecule has 8 heteroatoms. The van der Waals surface area contributed by atoms with Crippen LogP contribution in [0.2, 0.25) is 0 Å². The molecule has 1 N–H and O–H groups in total. The molecule has 28 heavy (non-hydrogen) atoms. The van der Waals surface area contributed by atoms with Gasteiger partial charge in [-0.25, -0.2) is 17.6 Å². The second kappa shape index (κ2) is 10.5. The number of nitrogens with one attached hydrogen (secondary N) is 1. The highest BCUT2D eigenvalue weighted by molar-refractivity contribution is 5.59. The van der Waals surface area contributed by atoms with Crippen molar-refractivity contribution in [3.8, 4) is 0 Å². The van der Waals surface area contributed by atoms with Crippen molar-refractivity contribution in [2.45, 2.75) is 6.54 Å². The number of morpholine rings is 1. The Labute approximate surface area is 167 Å². The standard InChI is InChI=1S/C20H20F4N2O.ClH/c21-16-15(7-4-8-26-9-11-27-12-10-26)17(22)19(24)20(18(16)23)25-13-14-5-2-1-3-6-14;/h1-7,25H,8-13H2;1H/p-1/b7-4+;. The lowest BCUT2D eigenvalue weighted by molar-refractivity contribution is -0.00000888. The van der Waals surface area contributed by atoms with Crippen LogP contribution in [0, 0.1) is 23.3 Å². The van der Waals surface area contributed by atoms with Gasteiger partial charge in [0.2, 0.25) is 0 Å². The Morgan fingerprint density at radius 3 is 2.14 bits per heavy atom. The zero-order valence-electron chi connectivity index (χ0n) is 15.0. The fraction of sp³-hybridized carbons (Fsp3) is 0.300. The molecule has 1 fully saturated rings. The van der Waals surface area contributed by atoms with Gasteiger partial charge in [-0.15, -0.1) is 0 Å². The van der Waals surface area contributed by atoms with E-state index in [1.165, 1.54) is 6.08 Å². The van der Waals surface area contributed by atoms with Crippen molar-refractivity contribution in [3.63, 3.8) is 0 Å². The summed E-state index contributed by atoms with van der Waals surface area (Å²) in [4.78, 5) is 2.01. The highest BCUT2D eigenvalue weighted by atomic mass is 35.5. The third kappa shape index (κ3) is 5.25. The van der Waals surface area contributed by atoms with Gasteiger partial charge in [0.15, 0.2) is 23.3 Å². The van der Waals surface area contributed by atoms with Gasteiger partial charge in [0.1, 0.15) is 5.69 Å². The minimum atomic E-state index is -1.43. The molecule has 1 aliphatic rings. The number of rotatable bonds is 6. The van der Waals surface area contributed by atoms with Crippen molar-refractivity contribution >= 4 is 11.8 Å². The summed E-state index contributed by atoms with van der Waals surface area (Å²) in [6.07, 6.45) is 2.57. The molecule has 0 bridgehead atoms. The topological polar surface area (TPSA) is 24.5 Å². The van der Waals surface area contributed by atoms with E-state index in [1.54, 1.807) is 30.3 Å². The number of hydrogen-bond donors (Lipinski definition) is 1. The molecule has 0 amide bonds. The van der Waals surface area contributed by atoms with Crippen LogP contribution in [0.1, 0.15) is 11.1 Å². The van der Waals surface area contributed by atoms with Crippen LogP contribution >= 0.6 is 0 Å². The van der Waals surface area contributed by atoms with Crippen LogP contribution in [0.15, 0.2) is 36.4 Å². The molecule has 3 nitrogen and oxygen atoms in total. The largest absolute Gasteiger partial charge is 1.00 e. The van der Waals surface area contributed by atoms with Crippen molar-refractivity contribution < 1.29 is 34.7 Å². The first-order chi connectivity index (χ1) is 13.1. The Bertz CT molecular complexity index is 783. The maximum absolute atomic E-state index is 14.3. The number of nitrogens with zero attached hydrogens (tertiary/aromatic N) is 1. The lowest BCUT2D eigenvalue weighted by Gasteiger charge is -2.25. The van der Waals surface area contributed by atoms with Gasteiger partial charge in [-0.1, -0.05) is 42.5 Å². The maximum Gasteiger partial charge on any atom is 0.185 e. The molecule has 1 aliphatic heterocycles. The van der Waals surface area contributed by atoms with Crippen molar-refractivity contribution in [2.75, 3.05) is 38.2 Å². The van der Waals surface area contributed by atoms with E-state index < -0.39 is 34.5 Å². The molecule has 0 unspecified atom stereocenters. The summed E-state index contributed by atoms with van der Waals surface area (Å²) in [5, 5.41) is 2.44. The van der Waals surface area contributed by atoms with E-state index >= 15 is 0 Å². The summed E-state index contributed by atoms with van der Waals surface area (Å²) < 4.78 is 62.4. The second-order valence-corrected chi connectivity index (χ2v) is 6.20. The zero-order chi connectivity index (χ0) is 19.2. The smallest absolute Gasteiger partial charge is 0.185 e. The highest BCUT2D eigenvalue weighted by Crippen LogP contribution is 2.29. The molecule has 2 aromatic carbocycles. The van der Waals surface area contributed by atoms with Crippen LogP contribution in [0.3, 0.4) is 0 Å². The van der Waals surface area contributed by atoms with Crippen LogP contribution in [0.5, 0.6) is 0 Å². The van der Waals surface area contributed by atoms with Crippen LogP contribution in [-0.4, -0.2) is 37.7 Å². The Morgan fingerprint density at radius 2 is 1.54 bits per heavy atom. The summed E-state index contributed by atoms with van der Waals surface area (Å²) in [5.41, 5.74) is -0.797. The molecule has 0 aliphatic carbocycles. The Kier molecular flexibility index (Phi) is 8.29. The third-order valence-corrected chi connectivity index (χ3v) is 4.36. The first-order valence-corrected chi connectivity index (χ1v) is 8.68. The van der Waals surface area contributed by atoms with Crippen LogP contribution < -0.4 is 17.7 Å². The lowest BCUT2D eigenvalue weighted by Crippen LogP contribution is -3.00. The number of halogens is 5. The molecule has 0 saturated carbocycles. The third-order valence-electron chi connectivity index (χ3n) is 4.36. The fourth-order valence-electron chi connectivity index (χ4n) is 2.84. The van der Waals surface area contributed by atoms with Gasteiger partial charge >= 0.3 is 0 Å². The Morgan fingerprint density at radius 1 is 0.929 bits per heavy atom. The average Bonchev–Trinajstić information content (AvgIpc) is 2.70. The van der Waals surface area contributed by atoms with E-state index in [1.807, 2.05) is 4.90 Å². The van der Waals surface area contributed by atoms with E-state index in [0.29, 0.717) is 32.8 Å². The number of anilines is 1. The zero-order valence-corrected chi connectivity index (χ0v) is 15.8. The number of hydrogen-bond acceptors (Lipinski definition) is 3. The summed E-state index contributed by atoms with van der Waals surface area (Å²) in [7, 11) is 0. The minimum absolute atomic E-state index is 0. The quantitative estimate of drug-likeness (QED) is 0.567. The van der Waals surface area contributed by atoms with Gasteiger partial charge in [0.25, 0.3) is 0 Å². The molecule has 0 atom stereocenters. The monoisotopic (exact) mass is 415 g/mol. The van der Waals surface area contributed by atoms with Crippen LogP contribution in [0.25, 0.3) is 6.08 Å². The molecular weight excluding hydrogens is 396 g/mol. The Balaban J connectivity index is 0.00000280. The van der Waals surface area contributed by atoms with Crippen LogP contribution in [-0.2, 0) is 11.3 Å². The van der Waals surface area contributed by atoms with Crippen molar-refractivity contribution in [2.24, 2.45) is 0 Å². The molecule has 0 spiro atoms. The second-order valence-electron chi connectivity index (χ2n) is 6.20. The van der Waals surface area contributed by atoms with Crippen molar-refractivity contribution in [1.82, 2.24) is 4.90 Å². The van der Waals surface area contributed by atoms with E-state index in [9.17, 15) is 17.6 Å². The van der Waals surface area contributed by atoms with E-state index in [4.69, 9.17) is 4.74 Å². The predicted molar refractivity (Wildman–Crippen MR) is 96.3 cm³/mol. The van der Waals surface area contributed by atoms with Gasteiger partial charge in [-0.3, -0.25) is 4.90 Å². The number of ether oxygens (including phenoxy) is 1. The van der Waals surface area contributed by atoms with Gasteiger partial charge in [0, 0.05) is 26.2 Å². The summed E-state index contributed by atoms with van der Waals surface area (Å²) >= 11 is 0. The highest BCUT2D eigenvalue weighted by Gasteiger charge is 2.24. The lowest BCUT2D eigenvalue weighted by atomic mass is 10.1. The molecule has 0 radical (unpaired) electrons. The van der Waals surface area contributed by atoms with Gasteiger partial charge < -0.3 is 22.5 Å². The average molecular weight is 416 g/mol. The van der Waals surface area contributed by atoms with E-state index in [-0.39, 0.29) is 19.0 Å². The molecule has 1 saturated heterocycles. The molecule has 0 aromatic heterocycles. The maximum atomic E-state index is 14.3. The summed E-state index contributed by atoms with van der Waals surface area (Å²) in [6.45, 7) is 3.02.